The van der Waals surface area contributed by atoms with Crippen LogP contribution >= 0.6 is 0 Å². The summed E-state index contributed by atoms with van der Waals surface area (Å²) in [5.41, 5.74) is 0.834. The third-order valence-corrected chi connectivity index (χ3v) is 3.79. The molecule has 21 heavy (non-hydrogen) atoms. The zero-order valence-electron chi connectivity index (χ0n) is 12.1. The Kier molecular flexibility index (Phi) is 4.42. The Morgan fingerprint density at radius 2 is 2.29 bits per heavy atom. The molecule has 0 radical (unpaired) electrons. The highest BCUT2D eigenvalue weighted by molar-refractivity contribution is 5.86. The van der Waals surface area contributed by atoms with E-state index in [1.807, 2.05) is 0 Å². The van der Waals surface area contributed by atoms with Crippen molar-refractivity contribution in [3.63, 3.8) is 0 Å². The Morgan fingerprint density at radius 3 is 2.86 bits per heavy atom. The van der Waals surface area contributed by atoms with E-state index in [1.54, 1.807) is 31.0 Å². The second kappa shape index (κ2) is 6.09. The van der Waals surface area contributed by atoms with Gasteiger partial charge < -0.3 is 15.3 Å². The van der Waals surface area contributed by atoms with E-state index < -0.39 is 11.0 Å². The van der Waals surface area contributed by atoms with Crippen molar-refractivity contribution in [1.29, 1.82) is 0 Å². The van der Waals surface area contributed by atoms with E-state index in [0.717, 1.165) is 6.42 Å². The molecule has 1 unspecified atom stereocenters. The average molecular weight is 293 g/mol. The van der Waals surface area contributed by atoms with Gasteiger partial charge in [-0.3, -0.25) is 14.9 Å². The van der Waals surface area contributed by atoms with Gasteiger partial charge in [-0.15, -0.1) is 0 Å². The molecule has 1 aromatic carbocycles. The number of likely N-dealkylation sites (N-methyl/N-ethyl adjacent to an activating group) is 1. The van der Waals surface area contributed by atoms with Crippen molar-refractivity contribution in [3.8, 4) is 0 Å². The highest BCUT2D eigenvalue weighted by Crippen LogP contribution is 2.35. The molecule has 0 saturated carbocycles. The van der Waals surface area contributed by atoms with E-state index in [1.165, 1.54) is 6.07 Å². The first-order valence-corrected chi connectivity index (χ1v) is 6.90. The van der Waals surface area contributed by atoms with Gasteiger partial charge in [0.25, 0.3) is 5.69 Å². The lowest BCUT2D eigenvalue weighted by Gasteiger charge is -2.25. The predicted octanol–water partition coefficient (Wildman–Crippen LogP) is 1.36. The van der Waals surface area contributed by atoms with Crippen LogP contribution in [0.4, 0.5) is 11.4 Å². The molecule has 2 atom stereocenters. The molecular formula is C14H19N3O4. The number of carbonyl (C=O) groups excluding carboxylic acids is 1. The van der Waals surface area contributed by atoms with Crippen LogP contribution in [0.3, 0.4) is 0 Å². The summed E-state index contributed by atoms with van der Waals surface area (Å²) in [5, 5.41) is 23.5. The number of benzene rings is 1. The Hall–Kier alpha value is -2.15. The summed E-state index contributed by atoms with van der Waals surface area (Å²) in [5.74, 6) is -0.138. The molecule has 0 bridgehead atoms. The highest BCUT2D eigenvalue weighted by Gasteiger charge is 2.34. The lowest BCUT2D eigenvalue weighted by Crippen LogP contribution is -2.42. The number of nitrogens with zero attached hydrogens (tertiary/aromatic N) is 2. The summed E-state index contributed by atoms with van der Waals surface area (Å²) in [6.45, 7) is 2.16. The Balaban J connectivity index is 2.43. The maximum atomic E-state index is 11.9. The van der Waals surface area contributed by atoms with Crippen LogP contribution < -0.4 is 10.2 Å². The number of nitro groups is 1. The van der Waals surface area contributed by atoms with Crippen molar-refractivity contribution in [1.82, 2.24) is 5.32 Å². The van der Waals surface area contributed by atoms with Crippen LogP contribution in [0.5, 0.6) is 0 Å². The predicted molar refractivity (Wildman–Crippen MR) is 78.2 cm³/mol. The average Bonchev–Trinajstić information content (AvgIpc) is 2.94. The third-order valence-electron chi connectivity index (χ3n) is 3.79. The molecule has 7 nitrogen and oxygen atoms in total. The molecule has 2 rings (SSSR count). The number of hydrogen-bond acceptors (Lipinski definition) is 5. The molecule has 1 heterocycles. The van der Waals surface area contributed by atoms with Crippen molar-refractivity contribution < 1.29 is 14.8 Å². The van der Waals surface area contributed by atoms with Gasteiger partial charge >= 0.3 is 0 Å². The lowest BCUT2D eigenvalue weighted by atomic mass is 10.1. The number of amides is 1. The summed E-state index contributed by atoms with van der Waals surface area (Å²) in [7, 11) is 1.56. The largest absolute Gasteiger partial charge is 0.389 e. The zero-order chi connectivity index (χ0) is 15.6. The van der Waals surface area contributed by atoms with Crippen LogP contribution in [0.1, 0.15) is 31.4 Å². The molecule has 7 heteroatoms. The van der Waals surface area contributed by atoms with E-state index >= 15 is 0 Å². The molecule has 1 fully saturated rings. The Bertz CT molecular complexity index is 559. The summed E-state index contributed by atoms with van der Waals surface area (Å²) in [6, 6.07) is 4.26. The van der Waals surface area contributed by atoms with Crippen molar-refractivity contribution in [2.45, 2.75) is 31.9 Å². The first kappa shape index (κ1) is 15.2. The molecule has 0 aromatic heterocycles. The van der Waals surface area contributed by atoms with Crippen molar-refractivity contribution >= 4 is 17.3 Å². The first-order chi connectivity index (χ1) is 9.95. The summed E-state index contributed by atoms with van der Waals surface area (Å²) in [6.07, 6.45) is 0.716. The van der Waals surface area contributed by atoms with Gasteiger partial charge in [-0.2, -0.15) is 0 Å². The molecule has 0 aliphatic carbocycles. The van der Waals surface area contributed by atoms with Crippen LogP contribution in [0.25, 0.3) is 0 Å². The topological polar surface area (TPSA) is 95.7 Å². The van der Waals surface area contributed by atoms with E-state index in [0.29, 0.717) is 24.2 Å². The summed E-state index contributed by atoms with van der Waals surface area (Å²) < 4.78 is 0. The van der Waals surface area contributed by atoms with Gasteiger partial charge in [0.15, 0.2) is 0 Å². The second-order valence-corrected chi connectivity index (χ2v) is 5.15. The number of nitro benzene ring substituents is 1. The number of anilines is 1. The fraction of sp³-hybridized carbons (Fsp3) is 0.500. The number of nitrogens with one attached hydrogen (secondary N) is 1. The fourth-order valence-corrected chi connectivity index (χ4v) is 2.68. The van der Waals surface area contributed by atoms with Crippen LogP contribution in [0.2, 0.25) is 0 Å². The number of rotatable bonds is 4. The van der Waals surface area contributed by atoms with Crippen LogP contribution in [0, 0.1) is 10.1 Å². The maximum Gasteiger partial charge on any atom is 0.292 e. The lowest BCUT2D eigenvalue weighted by molar-refractivity contribution is -0.384. The molecule has 1 amide bonds. The van der Waals surface area contributed by atoms with E-state index in [4.69, 9.17) is 0 Å². The number of aliphatic hydroxyl groups is 1. The molecule has 2 N–H and O–H groups in total. The standard InChI is InChI=1S/C14H19N3O4/c1-9(18)10-5-6-11(13(8-10)17(20)21)16-7-3-4-12(16)14(19)15-2/h5-6,8-9,12,18H,3-4,7H2,1-2H3,(H,15,19)/t9-,12?/m0/s1. The smallest absolute Gasteiger partial charge is 0.292 e. The van der Waals surface area contributed by atoms with Gasteiger partial charge in [0.05, 0.1) is 11.0 Å². The second-order valence-electron chi connectivity index (χ2n) is 5.15. The van der Waals surface area contributed by atoms with Gasteiger partial charge in [0, 0.05) is 19.7 Å². The zero-order valence-corrected chi connectivity index (χ0v) is 12.1. The SMILES string of the molecule is CNC(=O)C1CCCN1c1ccc([C@H](C)O)cc1[N+](=O)[O-]. The van der Waals surface area contributed by atoms with Crippen molar-refractivity contribution in [2.75, 3.05) is 18.5 Å². The molecule has 1 saturated heterocycles. The van der Waals surface area contributed by atoms with Gasteiger partial charge in [0.1, 0.15) is 11.7 Å². The normalized spacial score (nSPS) is 19.4. The number of aliphatic hydroxyl groups excluding tert-OH is 1. The highest BCUT2D eigenvalue weighted by atomic mass is 16.6. The van der Waals surface area contributed by atoms with Crippen LogP contribution in [-0.4, -0.2) is 35.6 Å². The summed E-state index contributed by atoms with van der Waals surface area (Å²) in [4.78, 5) is 24.5. The minimum atomic E-state index is -0.772. The van der Waals surface area contributed by atoms with Gasteiger partial charge in [-0.05, 0) is 31.4 Å². The fourth-order valence-electron chi connectivity index (χ4n) is 2.68. The van der Waals surface area contributed by atoms with Gasteiger partial charge in [-0.25, -0.2) is 0 Å². The third kappa shape index (κ3) is 2.97. The molecule has 0 spiro atoms. The Labute approximate surface area is 122 Å². The molecule has 1 aliphatic rings. The molecular weight excluding hydrogens is 274 g/mol. The minimum Gasteiger partial charge on any atom is -0.389 e. The number of carbonyl (C=O) groups is 1. The van der Waals surface area contributed by atoms with Gasteiger partial charge in [-0.1, -0.05) is 6.07 Å². The number of hydrogen-bond donors (Lipinski definition) is 2. The van der Waals surface area contributed by atoms with E-state index in [-0.39, 0.29) is 17.6 Å². The minimum absolute atomic E-state index is 0.0794. The monoisotopic (exact) mass is 293 g/mol. The molecule has 1 aromatic rings. The van der Waals surface area contributed by atoms with E-state index in [2.05, 4.69) is 5.32 Å². The quantitative estimate of drug-likeness (QED) is 0.645. The van der Waals surface area contributed by atoms with Crippen molar-refractivity contribution in [3.05, 3.63) is 33.9 Å². The van der Waals surface area contributed by atoms with Crippen LogP contribution in [0.15, 0.2) is 18.2 Å². The van der Waals surface area contributed by atoms with Crippen molar-refractivity contribution in [2.24, 2.45) is 0 Å². The molecule has 1 aliphatic heterocycles. The maximum absolute atomic E-state index is 11.9. The van der Waals surface area contributed by atoms with Gasteiger partial charge in [0.2, 0.25) is 5.91 Å². The molecule has 114 valence electrons. The first-order valence-electron chi connectivity index (χ1n) is 6.90. The van der Waals surface area contributed by atoms with Crippen LogP contribution in [-0.2, 0) is 4.79 Å². The van der Waals surface area contributed by atoms with E-state index in [9.17, 15) is 20.0 Å². The Morgan fingerprint density at radius 1 is 1.57 bits per heavy atom. The summed E-state index contributed by atoms with van der Waals surface area (Å²) >= 11 is 0.